The van der Waals surface area contributed by atoms with Gasteiger partial charge in [-0.3, -0.25) is 9.59 Å². The molecule has 1 saturated carbocycles. The van der Waals surface area contributed by atoms with Gasteiger partial charge in [0.05, 0.1) is 7.11 Å². The smallest absolute Gasteiger partial charge is 0.247 e. The predicted octanol–water partition coefficient (Wildman–Crippen LogP) is 2.67. The Labute approximate surface area is 216 Å². The van der Waals surface area contributed by atoms with Crippen LogP contribution < -0.4 is 10.1 Å². The number of aryl methyl sites for hydroxylation is 1. The first-order valence-corrected chi connectivity index (χ1v) is 12.7. The van der Waals surface area contributed by atoms with Crippen LogP contribution in [0.4, 0.5) is 0 Å². The highest BCUT2D eigenvalue weighted by molar-refractivity contribution is 5.89. The number of nitrogens with zero attached hydrogens (tertiary/aromatic N) is 5. The molecule has 1 aromatic heterocycles. The van der Waals surface area contributed by atoms with Crippen LogP contribution in [-0.2, 0) is 16.1 Å². The third-order valence-corrected chi connectivity index (χ3v) is 6.61. The molecule has 1 heterocycles. The number of hydrogen-bond donors (Lipinski definition) is 2. The standard InChI is InChI=1S/C27H34N6O4/c1-19-8-10-20(11-9-19)25(27(36)28-22-6-3-4-7-22)32(16-5-17-34)24(35)18-33-30-26(29-31-33)21-12-14-23(37-2)15-13-21/h8-15,22,25,34H,3-7,16-18H2,1-2H3,(H,28,36)/t25-/m1/s1. The summed E-state index contributed by atoms with van der Waals surface area (Å²) in [6.45, 7) is 1.90. The largest absolute Gasteiger partial charge is 0.497 e. The van der Waals surface area contributed by atoms with Gasteiger partial charge in [0.1, 0.15) is 18.3 Å². The molecule has 1 aliphatic rings. The number of aromatic nitrogens is 4. The highest BCUT2D eigenvalue weighted by Gasteiger charge is 2.33. The van der Waals surface area contributed by atoms with Gasteiger partial charge in [0, 0.05) is 24.8 Å². The summed E-state index contributed by atoms with van der Waals surface area (Å²) in [5, 5.41) is 25.2. The van der Waals surface area contributed by atoms with Crippen LogP contribution in [0.2, 0.25) is 0 Å². The number of hydrogen-bond acceptors (Lipinski definition) is 7. The van der Waals surface area contributed by atoms with E-state index >= 15 is 0 Å². The van der Waals surface area contributed by atoms with E-state index in [0.717, 1.165) is 42.4 Å². The molecule has 1 aliphatic carbocycles. The molecular weight excluding hydrogens is 472 g/mol. The summed E-state index contributed by atoms with van der Waals surface area (Å²) in [6, 6.07) is 14.1. The minimum absolute atomic E-state index is 0.0994. The Morgan fingerprint density at radius 2 is 1.84 bits per heavy atom. The molecule has 0 unspecified atom stereocenters. The minimum atomic E-state index is -0.829. The van der Waals surface area contributed by atoms with E-state index < -0.39 is 6.04 Å². The molecule has 0 spiro atoms. The van der Waals surface area contributed by atoms with Crippen molar-refractivity contribution in [2.45, 2.75) is 57.7 Å². The number of aliphatic hydroxyl groups excluding tert-OH is 1. The molecule has 1 fully saturated rings. The Kier molecular flexibility index (Phi) is 8.84. The summed E-state index contributed by atoms with van der Waals surface area (Å²) >= 11 is 0. The van der Waals surface area contributed by atoms with E-state index in [1.165, 1.54) is 9.70 Å². The Morgan fingerprint density at radius 1 is 1.14 bits per heavy atom. The number of nitrogens with one attached hydrogen (secondary N) is 1. The average molecular weight is 507 g/mol. The molecular formula is C27H34N6O4. The number of carbonyl (C=O) groups is 2. The molecule has 196 valence electrons. The van der Waals surface area contributed by atoms with Crippen molar-refractivity contribution in [3.05, 3.63) is 59.7 Å². The molecule has 0 radical (unpaired) electrons. The van der Waals surface area contributed by atoms with Crippen LogP contribution in [0.1, 0.15) is 49.3 Å². The van der Waals surface area contributed by atoms with Gasteiger partial charge >= 0.3 is 0 Å². The van der Waals surface area contributed by atoms with Gasteiger partial charge < -0.3 is 20.1 Å². The zero-order valence-corrected chi connectivity index (χ0v) is 21.3. The van der Waals surface area contributed by atoms with E-state index in [4.69, 9.17) is 4.74 Å². The van der Waals surface area contributed by atoms with E-state index in [0.29, 0.717) is 18.0 Å². The zero-order chi connectivity index (χ0) is 26.2. The molecule has 0 saturated heterocycles. The lowest BCUT2D eigenvalue weighted by Crippen LogP contribution is -2.47. The molecule has 0 bridgehead atoms. The Balaban J connectivity index is 1.57. The van der Waals surface area contributed by atoms with Gasteiger partial charge in [0.25, 0.3) is 0 Å². The van der Waals surface area contributed by atoms with Crippen molar-refractivity contribution in [3.8, 4) is 17.1 Å². The van der Waals surface area contributed by atoms with Crippen molar-refractivity contribution >= 4 is 11.8 Å². The van der Waals surface area contributed by atoms with Crippen molar-refractivity contribution in [2.75, 3.05) is 20.3 Å². The summed E-state index contributed by atoms with van der Waals surface area (Å²) in [5.74, 6) is 0.544. The van der Waals surface area contributed by atoms with Crippen molar-refractivity contribution in [3.63, 3.8) is 0 Å². The van der Waals surface area contributed by atoms with Crippen LogP contribution in [-0.4, -0.2) is 68.3 Å². The monoisotopic (exact) mass is 506 g/mol. The van der Waals surface area contributed by atoms with E-state index in [9.17, 15) is 14.7 Å². The molecule has 10 nitrogen and oxygen atoms in total. The van der Waals surface area contributed by atoms with E-state index in [2.05, 4.69) is 20.7 Å². The summed E-state index contributed by atoms with van der Waals surface area (Å²) < 4.78 is 5.19. The van der Waals surface area contributed by atoms with Crippen LogP contribution in [0.5, 0.6) is 5.75 Å². The fraction of sp³-hybridized carbons (Fsp3) is 0.444. The number of methoxy groups -OCH3 is 1. The van der Waals surface area contributed by atoms with Gasteiger partial charge in [0.15, 0.2) is 0 Å². The molecule has 2 amide bonds. The van der Waals surface area contributed by atoms with Gasteiger partial charge in [-0.1, -0.05) is 42.7 Å². The maximum absolute atomic E-state index is 13.6. The van der Waals surface area contributed by atoms with Crippen LogP contribution >= 0.6 is 0 Å². The second kappa shape index (κ2) is 12.4. The van der Waals surface area contributed by atoms with Gasteiger partial charge in [-0.25, -0.2) is 0 Å². The number of aliphatic hydroxyl groups is 1. The van der Waals surface area contributed by atoms with Crippen LogP contribution in [0, 0.1) is 6.92 Å². The summed E-state index contributed by atoms with van der Waals surface area (Å²) in [7, 11) is 1.59. The molecule has 4 rings (SSSR count). The van der Waals surface area contributed by atoms with Crippen LogP contribution in [0.25, 0.3) is 11.4 Å². The predicted molar refractivity (Wildman–Crippen MR) is 138 cm³/mol. The first-order valence-electron chi connectivity index (χ1n) is 12.7. The summed E-state index contributed by atoms with van der Waals surface area (Å²) in [5.41, 5.74) is 2.52. The fourth-order valence-corrected chi connectivity index (χ4v) is 4.59. The van der Waals surface area contributed by atoms with Crippen molar-refractivity contribution < 1.29 is 19.4 Å². The van der Waals surface area contributed by atoms with Crippen LogP contribution in [0.3, 0.4) is 0 Å². The average Bonchev–Trinajstić information content (AvgIpc) is 3.59. The third kappa shape index (κ3) is 6.71. The highest BCUT2D eigenvalue weighted by Crippen LogP contribution is 2.25. The van der Waals surface area contributed by atoms with Gasteiger partial charge in [-0.05, 0) is 61.2 Å². The number of benzene rings is 2. The number of ether oxygens (including phenoxy) is 1. The fourth-order valence-electron chi connectivity index (χ4n) is 4.59. The Hall–Kier alpha value is -3.79. The van der Waals surface area contributed by atoms with Crippen molar-refractivity contribution in [1.82, 2.24) is 30.4 Å². The van der Waals surface area contributed by atoms with E-state index in [1.54, 1.807) is 19.2 Å². The minimum Gasteiger partial charge on any atom is -0.497 e. The first-order chi connectivity index (χ1) is 18.0. The van der Waals surface area contributed by atoms with Crippen molar-refractivity contribution in [1.29, 1.82) is 0 Å². The zero-order valence-electron chi connectivity index (χ0n) is 21.3. The highest BCUT2D eigenvalue weighted by atomic mass is 16.5. The normalized spacial score (nSPS) is 14.4. The molecule has 37 heavy (non-hydrogen) atoms. The molecule has 1 atom stereocenters. The summed E-state index contributed by atoms with van der Waals surface area (Å²) in [6.07, 6.45) is 4.39. The topological polar surface area (TPSA) is 122 Å². The molecule has 10 heteroatoms. The second-order valence-corrected chi connectivity index (χ2v) is 9.34. The lowest BCUT2D eigenvalue weighted by atomic mass is 10.0. The van der Waals surface area contributed by atoms with E-state index in [1.807, 2.05) is 43.3 Å². The molecule has 0 aliphatic heterocycles. The number of amides is 2. The van der Waals surface area contributed by atoms with Gasteiger partial charge in [-0.15, -0.1) is 10.2 Å². The number of tetrazole rings is 1. The maximum Gasteiger partial charge on any atom is 0.247 e. The van der Waals surface area contributed by atoms with E-state index in [-0.39, 0.29) is 37.6 Å². The maximum atomic E-state index is 13.6. The third-order valence-electron chi connectivity index (χ3n) is 6.61. The van der Waals surface area contributed by atoms with Gasteiger partial charge in [-0.2, -0.15) is 4.80 Å². The SMILES string of the molecule is COc1ccc(-c2nnn(CC(=O)N(CCCO)[C@@H](C(=O)NC3CCCC3)c3ccc(C)cc3)n2)cc1. The number of rotatable bonds is 11. The Bertz CT molecular complexity index is 1170. The van der Waals surface area contributed by atoms with Crippen LogP contribution in [0.15, 0.2) is 48.5 Å². The Morgan fingerprint density at radius 3 is 2.49 bits per heavy atom. The second-order valence-electron chi connectivity index (χ2n) is 9.34. The van der Waals surface area contributed by atoms with Crippen molar-refractivity contribution in [2.24, 2.45) is 0 Å². The van der Waals surface area contributed by atoms with Gasteiger partial charge in [0.2, 0.25) is 17.6 Å². The summed E-state index contributed by atoms with van der Waals surface area (Å²) in [4.78, 5) is 29.9. The molecule has 2 N–H and O–H groups in total. The lowest BCUT2D eigenvalue weighted by Gasteiger charge is -2.32. The first kappa shape index (κ1) is 26.3. The molecule has 3 aromatic rings. The lowest BCUT2D eigenvalue weighted by molar-refractivity contribution is -0.142. The molecule has 2 aromatic carbocycles. The number of carbonyl (C=O) groups excluding carboxylic acids is 2. The quantitative estimate of drug-likeness (QED) is 0.410.